The third-order valence-corrected chi connectivity index (χ3v) is 5.21. The lowest BCUT2D eigenvalue weighted by Gasteiger charge is -2.11. The monoisotopic (exact) mass is 439 g/mol. The first-order valence-electron chi connectivity index (χ1n) is 10.4. The molecule has 0 fully saturated rings. The Morgan fingerprint density at radius 1 is 1.00 bits per heavy atom. The van der Waals surface area contributed by atoms with Gasteiger partial charge >= 0.3 is 0 Å². The van der Waals surface area contributed by atoms with Crippen LogP contribution in [0.15, 0.2) is 77.9 Å². The molecule has 0 aliphatic heterocycles. The molecule has 4 aromatic heterocycles. The normalized spacial score (nSPS) is 11.1. The number of pyridine rings is 1. The van der Waals surface area contributed by atoms with Crippen LogP contribution in [0.3, 0.4) is 0 Å². The van der Waals surface area contributed by atoms with Gasteiger partial charge in [0, 0.05) is 29.7 Å². The van der Waals surface area contributed by atoms with Gasteiger partial charge in [-0.15, -0.1) is 5.10 Å². The predicted octanol–water partition coefficient (Wildman–Crippen LogP) is 3.00. The highest BCUT2D eigenvalue weighted by atomic mass is 16.2. The summed E-state index contributed by atoms with van der Waals surface area (Å²) < 4.78 is 4.69. The number of fused-ring (bicyclic) bond motifs is 1. The number of para-hydroxylation sites is 1. The highest BCUT2D eigenvalue weighted by Crippen LogP contribution is 2.27. The summed E-state index contributed by atoms with van der Waals surface area (Å²) in [6, 6.07) is 18.1. The Labute approximate surface area is 188 Å². The number of hydrogen-bond acceptors (Lipinski definition) is 5. The number of nitrogens with one attached hydrogen (secondary N) is 1. The van der Waals surface area contributed by atoms with Crippen LogP contribution in [-0.4, -0.2) is 34.9 Å². The van der Waals surface area contributed by atoms with E-state index in [4.69, 9.17) is 0 Å². The minimum atomic E-state index is -0.371. The molecule has 5 rings (SSSR count). The Morgan fingerprint density at radius 3 is 2.61 bits per heavy atom. The molecule has 4 heterocycles. The molecular formula is C24H21N7O2. The summed E-state index contributed by atoms with van der Waals surface area (Å²) >= 11 is 0. The van der Waals surface area contributed by atoms with E-state index in [1.54, 1.807) is 16.8 Å². The van der Waals surface area contributed by atoms with Crippen molar-refractivity contribution >= 4 is 17.2 Å². The quantitative estimate of drug-likeness (QED) is 0.454. The molecule has 164 valence electrons. The van der Waals surface area contributed by atoms with Gasteiger partial charge in [0.15, 0.2) is 5.82 Å². The second kappa shape index (κ2) is 8.19. The van der Waals surface area contributed by atoms with Crippen LogP contribution in [0.25, 0.3) is 22.7 Å². The number of rotatable bonds is 5. The number of imidazole rings is 1. The van der Waals surface area contributed by atoms with E-state index in [1.807, 2.05) is 73.1 Å². The maximum Gasteiger partial charge on any atom is 0.267 e. The maximum atomic E-state index is 12.8. The van der Waals surface area contributed by atoms with Crippen molar-refractivity contribution in [2.75, 3.05) is 5.32 Å². The number of nitrogens with zero attached hydrogens (tertiary/aromatic N) is 6. The van der Waals surface area contributed by atoms with E-state index >= 15 is 0 Å². The number of carbonyl (C=O) groups is 1. The number of aromatic nitrogens is 6. The summed E-state index contributed by atoms with van der Waals surface area (Å²) in [4.78, 5) is 29.8. The van der Waals surface area contributed by atoms with Crippen LogP contribution in [0.5, 0.6) is 0 Å². The number of benzene rings is 1. The third kappa shape index (κ3) is 4.03. The first-order valence-corrected chi connectivity index (χ1v) is 10.4. The second-order valence-corrected chi connectivity index (χ2v) is 7.71. The summed E-state index contributed by atoms with van der Waals surface area (Å²) in [6.45, 7) is 3.55. The van der Waals surface area contributed by atoms with E-state index in [0.29, 0.717) is 11.5 Å². The van der Waals surface area contributed by atoms with Crippen molar-refractivity contribution in [3.8, 4) is 17.1 Å². The summed E-state index contributed by atoms with van der Waals surface area (Å²) in [5.41, 5.74) is 4.29. The van der Waals surface area contributed by atoms with Crippen molar-refractivity contribution in [2.45, 2.75) is 20.4 Å². The van der Waals surface area contributed by atoms with Crippen LogP contribution < -0.4 is 10.9 Å². The topological polar surface area (TPSA) is 99.1 Å². The predicted molar refractivity (Wildman–Crippen MR) is 124 cm³/mol. The fourth-order valence-corrected chi connectivity index (χ4v) is 3.73. The lowest BCUT2D eigenvalue weighted by Crippen LogP contribution is -2.30. The van der Waals surface area contributed by atoms with Crippen molar-refractivity contribution in [3.05, 3.63) is 94.8 Å². The maximum absolute atomic E-state index is 12.8. The van der Waals surface area contributed by atoms with Gasteiger partial charge in [-0.1, -0.05) is 24.3 Å². The van der Waals surface area contributed by atoms with Crippen molar-refractivity contribution in [3.63, 3.8) is 0 Å². The molecule has 1 aromatic carbocycles. The molecule has 0 atom stereocenters. The average molecular weight is 439 g/mol. The number of anilines is 1. The highest BCUT2D eigenvalue weighted by molar-refractivity contribution is 5.95. The van der Waals surface area contributed by atoms with Crippen LogP contribution >= 0.6 is 0 Å². The van der Waals surface area contributed by atoms with Crippen LogP contribution in [-0.2, 0) is 11.3 Å². The van der Waals surface area contributed by atoms with Gasteiger partial charge in [-0.3, -0.25) is 9.59 Å². The Morgan fingerprint density at radius 2 is 1.82 bits per heavy atom. The van der Waals surface area contributed by atoms with Gasteiger partial charge in [0.25, 0.3) is 5.56 Å². The van der Waals surface area contributed by atoms with Crippen LogP contribution in [0, 0.1) is 13.8 Å². The van der Waals surface area contributed by atoms with Crippen LogP contribution in [0.2, 0.25) is 0 Å². The van der Waals surface area contributed by atoms with Gasteiger partial charge in [-0.05, 0) is 44.2 Å². The third-order valence-electron chi connectivity index (χ3n) is 5.21. The zero-order chi connectivity index (χ0) is 22.9. The minimum Gasteiger partial charge on any atom is -0.324 e. The molecule has 5 aromatic rings. The summed E-state index contributed by atoms with van der Waals surface area (Å²) in [5.74, 6) is 0.101. The van der Waals surface area contributed by atoms with Crippen LogP contribution in [0.1, 0.15) is 11.4 Å². The Hall–Kier alpha value is -4.53. The fraction of sp³-hybridized carbons (Fsp3) is 0.125. The van der Waals surface area contributed by atoms with E-state index in [0.717, 1.165) is 33.0 Å². The van der Waals surface area contributed by atoms with E-state index in [1.165, 1.54) is 6.07 Å². The van der Waals surface area contributed by atoms with E-state index in [9.17, 15) is 9.59 Å². The number of aryl methyl sites for hydroxylation is 2. The Balaban J connectivity index is 1.41. The smallest absolute Gasteiger partial charge is 0.267 e. The van der Waals surface area contributed by atoms with Crippen LogP contribution in [0.4, 0.5) is 5.69 Å². The number of carbonyl (C=O) groups excluding carboxylic acids is 1. The molecule has 0 radical (unpaired) electrons. The molecule has 0 unspecified atom stereocenters. The SMILES string of the molecule is Cc1cc(C)n(-c2ccc(=O)n(CC(=O)Nc3ccccc3-c3cn4ccccc4n3)n2)n1. The zero-order valence-electron chi connectivity index (χ0n) is 18.1. The second-order valence-electron chi connectivity index (χ2n) is 7.71. The van der Waals surface area contributed by atoms with Crippen molar-refractivity contribution in [2.24, 2.45) is 0 Å². The molecule has 1 N–H and O–H groups in total. The van der Waals surface area contributed by atoms with Crippen molar-refractivity contribution < 1.29 is 4.79 Å². The van der Waals surface area contributed by atoms with Gasteiger partial charge in [-0.2, -0.15) is 5.10 Å². The van der Waals surface area contributed by atoms with Gasteiger partial charge in [0.05, 0.1) is 17.1 Å². The summed E-state index contributed by atoms with van der Waals surface area (Å²) in [6.07, 6.45) is 3.82. The standard InChI is InChI=1S/C24H21N7O2/c1-16-13-17(2)31(27-16)22-10-11-24(33)30(28-22)15-23(32)26-19-8-4-3-7-18(19)20-14-29-12-6-5-9-21(29)25-20/h3-14H,15H2,1-2H3,(H,26,32). The first kappa shape index (κ1) is 20.4. The largest absolute Gasteiger partial charge is 0.324 e. The molecule has 9 heteroatoms. The van der Waals surface area contributed by atoms with E-state index < -0.39 is 0 Å². The molecule has 0 aliphatic rings. The fourth-order valence-electron chi connectivity index (χ4n) is 3.73. The molecular weight excluding hydrogens is 418 g/mol. The molecule has 9 nitrogen and oxygen atoms in total. The van der Waals surface area contributed by atoms with Crippen molar-refractivity contribution in [1.29, 1.82) is 0 Å². The molecule has 0 aliphatic carbocycles. The van der Waals surface area contributed by atoms with Gasteiger partial charge in [0.2, 0.25) is 5.91 Å². The molecule has 0 spiro atoms. The molecule has 0 saturated heterocycles. The lowest BCUT2D eigenvalue weighted by atomic mass is 10.1. The first-order chi connectivity index (χ1) is 16.0. The minimum absolute atomic E-state index is 0.231. The zero-order valence-corrected chi connectivity index (χ0v) is 18.1. The molecule has 1 amide bonds. The summed E-state index contributed by atoms with van der Waals surface area (Å²) in [5, 5.41) is 11.6. The summed E-state index contributed by atoms with van der Waals surface area (Å²) in [7, 11) is 0. The van der Waals surface area contributed by atoms with Gasteiger partial charge < -0.3 is 9.72 Å². The number of hydrogen-bond donors (Lipinski definition) is 1. The molecule has 33 heavy (non-hydrogen) atoms. The Bertz CT molecular complexity index is 1510. The van der Waals surface area contributed by atoms with E-state index in [2.05, 4.69) is 20.5 Å². The van der Waals surface area contributed by atoms with Gasteiger partial charge in [-0.25, -0.2) is 14.3 Å². The lowest BCUT2D eigenvalue weighted by molar-refractivity contribution is -0.117. The van der Waals surface area contributed by atoms with Crippen molar-refractivity contribution in [1.82, 2.24) is 28.9 Å². The number of amides is 1. The Kier molecular flexibility index (Phi) is 5.06. The molecule has 0 bridgehead atoms. The molecule has 0 saturated carbocycles. The average Bonchev–Trinajstić information content (AvgIpc) is 3.38. The highest BCUT2D eigenvalue weighted by Gasteiger charge is 2.14. The van der Waals surface area contributed by atoms with E-state index in [-0.39, 0.29) is 18.0 Å². The van der Waals surface area contributed by atoms with Gasteiger partial charge in [0.1, 0.15) is 12.2 Å².